The monoisotopic (exact) mass is 250 g/mol. The Kier molecular flexibility index (Phi) is 3.57. The van der Waals surface area contributed by atoms with Crippen molar-refractivity contribution in [2.75, 3.05) is 31.2 Å². The number of anilines is 1. The van der Waals surface area contributed by atoms with Gasteiger partial charge < -0.3 is 9.64 Å². The minimum atomic E-state index is -0.491. The third kappa shape index (κ3) is 2.48. The van der Waals surface area contributed by atoms with Crippen LogP contribution in [0.5, 0.6) is 0 Å². The second-order valence-electron chi connectivity index (χ2n) is 4.11. The van der Waals surface area contributed by atoms with Crippen LogP contribution in [0.25, 0.3) is 0 Å². The third-order valence-corrected chi connectivity index (χ3v) is 2.92. The van der Waals surface area contributed by atoms with Crippen LogP contribution in [0.3, 0.4) is 0 Å². The van der Waals surface area contributed by atoms with Crippen molar-refractivity contribution in [1.82, 2.24) is 0 Å². The zero-order valence-corrected chi connectivity index (χ0v) is 10.1. The molecule has 0 N–H and O–H groups in total. The van der Waals surface area contributed by atoms with E-state index in [1.165, 1.54) is 19.1 Å². The zero-order valence-electron chi connectivity index (χ0n) is 10.1. The molecule has 6 heteroatoms. The average Bonchev–Trinajstić information content (AvgIpc) is 2.39. The average molecular weight is 250 g/mol. The van der Waals surface area contributed by atoms with E-state index in [4.69, 9.17) is 4.74 Å². The Balaban J connectivity index is 2.39. The van der Waals surface area contributed by atoms with E-state index in [9.17, 15) is 14.9 Å². The van der Waals surface area contributed by atoms with Crippen LogP contribution >= 0.6 is 0 Å². The number of benzene rings is 1. The summed E-state index contributed by atoms with van der Waals surface area (Å²) in [5.74, 6) is -0.166. The molecule has 0 aliphatic carbocycles. The summed E-state index contributed by atoms with van der Waals surface area (Å²) in [5, 5.41) is 10.7. The van der Waals surface area contributed by atoms with Gasteiger partial charge in [-0.1, -0.05) is 0 Å². The number of nitro benzene ring substituents is 1. The number of hydrogen-bond donors (Lipinski definition) is 0. The maximum atomic E-state index is 11.6. The number of carbonyl (C=O) groups is 1. The Morgan fingerprint density at radius 1 is 1.39 bits per heavy atom. The van der Waals surface area contributed by atoms with Crippen molar-refractivity contribution in [1.29, 1.82) is 0 Å². The first-order chi connectivity index (χ1) is 8.59. The van der Waals surface area contributed by atoms with Gasteiger partial charge in [0.15, 0.2) is 5.78 Å². The van der Waals surface area contributed by atoms with Gasteiger partial charge in [0.25, 0.3) is 5.69 Å². The second kappa shape index (κ2) is 5.14. The number of Topliss-reactive ketones (excluding diaryl/α,β-unsaturated/α-hetero) is 1. The van der Waals surface area contributed by atoms with E-state index in [2.05, 4.69) is 0 Å². The van der Waals surface area contributed by atoms with Gasteiger partial charge in [0.2, 0.25) is 0 Å². The lowest BCUT2D eigenvalue weighted by molar-refractivity contribution is -0.384. The number of non-ortho nitro benzene ring substituents is 1. The molecule has 0 radical (unpaired) electrons. The lowest BCUT2D eigenvalue weighted by Crippen LogP contribution is -2.37. The molecule has 1 fully saturated rings. The SMILES string of the molecule is CC(=O)c1cc([N+](=O)[O-])ccc1N1CCOCC1. The van der Waals surface area contributed by atoms with Gasteiger partial charge in [-0.2, -0.15) is 0 Å². The third-order valence-electron chi connectivity index (χ3n) is 2.92. The molecule has 0 amide bonds. The predicted molar refractivity (Wildman–Crippen MR) is 66.1 cm³/mol. The summed E-state index contributed by atoms with van der Waals surface area (Å²) in [5.41, 5.74) is 1.08. The molecule has 1 aromatic rings. The van der Waals surface area contributed by atoms with Crippen molar-refractivity contribution in [2.45, 2.75) is 6.92 Å². The topological polar surface area (TPSA) is 72.7 Å². The van der Waals surface area contributed by atoms with Crippen molar-refractivity contribution < 1.29 is 14.5 Å². The van der Waals surface area contributed by atoms with Crippen molar-refractivity contribution in [3.8, 4) is 0 Å². The van der Waals surface area contributed by atoms with Crippen LogP contribution in [0.4, 0.5) is 11.4 Å². The molecule has 1 aliphatic heterocycles. The normalized spacial score (nSPS) is 15.5. The predicted octanol–water partition coefficient (Wildman–Crippen LogP) is 1.63. The smallest absolute Gasteiger partial charge is 0.270 e. The number of carbonyl (C=O) groups excluding carboxylic acids is 1. The van der Waals surface area contributed by atoms with E-state index in [-0.39, 0.29) is 11.5 Å². The van der Waals surface area contributed by atoms with Gasteiger partial charge in [-0.25, -0.2) is 0 Å². The summed E-state index contributed by atoms with van der Waals surface area (Å²) in [6, 6.07) is 4.41. The summed E-state index contributed by atoms with van der Waals surface area (Å²) in [6.07, 6.45) is 0. The number of morpholine rings is 1. The van der Waals surface area contributed by atoms with Crippen LogP contribution < -0.4 is 4.90 Å². The Morgan fingerprint density at radius 2 is 2.06 bits per heavy atom. The molecule has 1 saturated heterocycles. The first-order valence-corrected chi connectivity index (χ1v) is 5.71. The number of ketones is 1. The fourth-order valence-corrected chi connectivity index (χ4v) is 2.00. The highest BCUT2D eigenvalue weighted by Crippen LogP contribution is 2.26. The van der Waals surface area contributed by atoms with Gasteiger partial charge in [0, 0.05) is 36.5 Å². The summed E-state index contributed by atoms with van der Waals surface area (Å²) in [6.45, 7) is 4.02. The Hall–Kier alpha value is -1.95. The molecule has 1 aliphatic rings. The van der Waals surface area contributed by atoms with Crippen LogP contribution in [0.15, 0.2) is 18.2 Å². The first kappa shape index (κ1) is 12.5. The van der Waals surface area contributed by atoms with E-state index in [1.54, 1.807) is 6.07 Å². The summed E-state index contributed by atoms with van der Waals surface area (Å²) in [7, 11) is 0. The van der Waals surface area contributed by atoms with Crippen LogP contribution in [0, 0.1) is 10.1 Å². The van der Waals surface area contributed by atoms with Crippen molar-refractivity contribution in [2.24, 2.45) is 0 Å². The molecule has 0 aromatic heterocycles. The van der Waals surface area contributed by atoms with E-state index < -0.39 is 4.92 Å². The Labute approximate surface area is 104 Å². The minimum absolute atomic E-state index is 0.0581. The van der Waals surface area contributed by atoms with Crippen molar-refractivity contribution >= 4 is 17.2 Å². The molecule has 1 heterocycles. The van der Waals surface area contributed by atoms with Gasteiger partial charge >= 0.3 is 0 Å². The van der Waals surface area contributed by atoms with Crippen LogP contribution in [-0.2, 0) is 4.74 Å². The summed E-state index contributed by atoms with van der Waals surface area (Å²) < 4.78 is 5.25. The highest BCUT2D eigenvalue weighted by molar-refractivity contribution is 6.00. The van der Waals surface area contributed by atoms with Gasteiger partial charge in [-0.05, 0) is 13.0 Å². The van der Waals surface area contributed by atoms with Gasteiger partial charge in [-0.15, -0.1) is 0 Å². The number of nitrogens with zero attached hydrogens (tertiary/aromatic N) is 2. The maximum Gasteiger partial charge on any atom is 0.270 e. The fraction of sp³-hybridized carbons (Fsp3) is 0.417. The van der Waals surface area contributed by atoms with E-state index in [1.807, 2.05) is 4.90 Å². The lowest BCUT2D eigenvalue weighted by Gasteiger charge is -2.30. The molecule has 1 aromatic carbocycles. The molecule has 0 spiro atoms. The molecule has 6 nitrogen and oxygen atoms in total. The maximum absolute atomic E-state index is 11.6. The molecule has 18 heavy (non-hydrogen) atoms. The van der Waals surface area contributed by atoms with Gasteiger partial charge in [0.1, 0.15) is 0 Å². The molecule has 0 atom stereocenters. The minimum Gasteiger partial charge on any atom is -0.378 e. The Morgan fingerprint density at radius 3 is 2.61 bits per heavy atom. The molecule has 2 rings (SSSR count). The quantitative estimate of drug-likeness (QED) is 0.463. The van der Waals surface area contributed by atoms with Gasteiger partial charge in [0.05, 0.1) is 18.1 Å². The molecule has 0 unspecified atom stereocenters. The van der Waals surface area contributed by atoms with Crippen molar-refractivity contribution in [3.05, 3.63) is 33.9 Å². The number of hydrogen-bond acceptors (Lipinski definition) is 5. The number of nitro groups is 1. The Bertz CT molecular complexity index is 481. The first-order valence-electron chi connectivity index (χ1n) is 5.71. The van der Waals surface area contributed by atoms with Gasteiger partial charge in [-0.3, -0.25) is 14.9 Å². The molecule has 96 valence electrons. The molecule has 0 saturated carbocycles. The fourth-order valence-electron chi connectivity index (χ4n) is 2.00. The largest absolute Gasteiger partial charge is 0.378 e. The van der Waals surface area contributed by atoms with Crippen LogP contribution in [0.2, 0.25) is 0 Å². The van der Waals surface area contributed by atoms with Crippen LogP contribution in [0.1, 0.15) is 17.3 Å². The summed E-state index contributed by atoms with van der Waals surface area (Å²) in [4.78, 5) is 23.9. The molecule has 0 bridgehead atoms. The summed E-state index contributed by atoms with van der Waals surface area (Å²) >= 11 is 0. The lowest BCUT2D eigenvalue weighted by atomic mass is 10.1. The highest BCUT2D eigenvalue weighted by Gasteiger charge is 2.19. The molecular formula is C12H14N2O4. The number of ether oxygens (including phenoxy) is 1. The highest BCUT2D eigenvalue weighted by atomic mass is 16.6. The molecular weight excluding hydrogens is 236 g/mol. The van der Waals surface area contributed by atoms with E-state index in [0.717, 1.165) is 5.69 Å². The number of rotatable bonds is 3. The van der Waals surface area contributed by atoms with E-state index >= 15 is 0 Å². The van der Waals surface area contributed by atoms with Crippen molar-refractivity contribution in [3.63, 3.8) is 0 Å². The zero-order chi connectivity index (χ0) is 13.1. The van der Waals surface area contributed by atoms with E-state index in [0.29, 0.717) is 31.9 Å². The van der Waals surface area contributed by atoms with Crippen LogP contribution in [-0.4, -0.2) is 37.0 Å². The standard InChI is InChI=1S/C12H14N2O4/c1-9(15)11-8-10(14(16)17)2-3-12(11)13-4-6-18-7-5-13/h2-3,8H,4-7H2,1H3. The second-order valence-corrected chi connectivity index (χ2v) is 4.11.